The van der Waals surface area contributed by atoms with E-state index in [1.54, 1.807) is 24.3 Å². The zero-order valence-corrected chi connectivity index (χ0v) is 17.0. The summed E-state index contributed by atoms with van der Waals surface area (Å²) in [5.41, 5.74) is 1.95. The lowest BCUT2D eigenvalue weighted by atomic mass is 10.2. The van der Waals surface area contributed by atoms with Crippen molar-refractivity contribution < 1.29 is 9.59 Å². The summed E-state index contributed by atoms with van der Waals surface area (Å²) >= 11 is 13.5. The van der Waals surface area contributed by atoms with Gasteiger partial charge in [0, 0.05) is 21.6 Å². The van der Waals surface area contributed by atoms with Crippen LogP contribution in [0.2, 0.25) is 10.0 Å². The highest BCUT2D eigenvalue weighted by atomic mass is 35.5. The number of rotatable bonds is 5. The Morgan fingerprint density at radius 1 is 0.929 bits per heavy atom. The largest absolute Gasteiger partial charge is 0.349 e. The standard InChI is InChI=1S/C21H16Cl2N2O2S/c22-13-3-1-12(2-4-13)18-9-10-19(28-18)21(27)25-15-7-8-16(17(23)11-15)20(26)24-14-5-6-14/h1-4,7-11,14H,5-6H2,(H,24,26)(H,25,27). The minimum atomic E-state index is -0.225. The monoisotopic (exact) mass is 430 g/mol. The van der Waals surface area contributed by atoms with Gasteiger partial charge in [0.2, 0.25) is 0 Å². The zero-order valence-electron chi connectivity index (χ0n) is 14.7. The van der Waals surface area contributed by atoms with Crippen LogP contribution in [0.3, 0.4) is 0 Å². The normalized spacial score (nSPS) is 13.2. The van der Waals surface area contributed by atoms with E-state index in [2.05, 4.69) is 10.6 Å². The van der Waals surface area contributed by atoms with Gasteiger partial charge in [0.1, 0.15) is 0 Å². The smallest absolute Gasteiger partial charge is 0.265 e. The van der Waals surface area contributed by atoms with Crippen molar-refractivity contribution in [2.75, 3.05) is 5.32 Å². The number of amides is 2. The molecule has 4 rings (SSSR count). The van der Waals surface area contributed by atoms with Gasteiger partial charge in [-0.05, 0) is 60.9 Å². The van der Waals surface area contributed by atoms with E-state index >= 15 is 0 Å². The summed E-state index contributed by atoms with van der Waals surface area (Å²) in [4.78, 5) is 26.3. The fraction of sp³-hybridized carbons (Fsp3) is 0.143. The van der Waals surface area contributed by atoms with Crippen LogP contribution in [0.1, 0.15) is 32.9 Å². The SMILES string of the molecule is O=C(Nc1ccc(C(=O)NC2CC2)c(Cl)c1)c1ccc(-c2ccc(Cl)cc2)s1. The van der Waals surface area contributed by atoms with Crippen LogP contribution < -0.4 is 10.6 Å². The Kier molecular flexibility index (Phi) is 5.40. The summed E-state index contributed by atoms with van der Waals surface area (Å²) in [5, 5.41) is 6.71. The number of nitrogens with one attached hydrogen (secondary N) is 2. The Morgan fingerprint density at radius 2 is 1.68 bits per heavy atom. The number of benzene rings is 2. The number of carbonyl (C=O) groups is 2. The van der Waals surface area contributed by atoms with Crippen LogP contribution >= 0.6 is 34.5 Å². The third kappa shape index (κ3) is 4.38. The highest BCUT2D eigenvalue weighted by Gasteiger charge is 2.24. The molecule has 2 aromatic carbocycles. The highest BCUT2D eigenvalue weighted by molar-refractivity contribution is 7.17. The summed E-state index contributed by atoms with van der Waals surface area (Å²) in [6.07, 6.45) is 2.02. The van der Waals surface area contributed by atoms with Crippen LogP contribution in [-0.2, 0) is 0 Å². The molecular formula is C21H16Cl2N2O2S. The second kappa shape index (κ2) is 7.95. The molecule has 1 aliphatic carbocycles. The predicted molar refractivity (Wildman–Crippen MR) is 115 cm³/mol. The zero-order chi connectivity index (χ0) is 19.7. The van der Waals surface area contributed by atoms with E-state index in [0.717, 1.165) is 23.3 Å². The highest BCUT2D eigenvalue weighted by Crippen LogP contribution is 2.30. The minimum Gasteiger partial charge on any atom is -0.349 e. The predicted octanol–water partition coefficient (Wildman–Crippen LogP) is 5.87. The lowest BCUT2D eigenvalue weighted by Crippen LogP contribution is -2.25. The second-order valence-electron chi connectivity index (χ2n) is 6.57. The Hall–Kier alpha value is -2.34. The van der Waals surface area contributed by atoms with Crippen LogP contribution in [0, 0.1) is 0 Å². The number of anilines is 1. The molecule has 0 spiro atoms. The first-order valence-electron chi connectivity index (χ1n) is 8.77. The maximum absolute atomic E-state index is 12.6. The molecule has 1 heterocycles. The molecular weight excluding hydrogens is 415 g/mol. The van der Waals surface area contributed by atoms with Gasteiger partial charge in [-0.25, -0.2) is 0 Å². The van der Waals surface area contributed by atoms with Crippen LogP contribution in [0.4, 0.5) is 5.69 Å². The first-order chi connectivity index (χ1) is 13.5. The van der Waals surface area contributed by atoms with Crippen molar-refractivity contribution >= 4 is 52.0 Å². The summed E-state index contributed by atoms with van der Waals surface area (Å²) in [5.74, 6) is -0.410. The molecule has 1 saturated carbocycles. The van der Waals surface area contributed by atoms with E-state index in [-0.39, 0.29) is 17.9 Å². The summed E-state index contributed by atoms with van der Waals surface area (Å²) in [6, 6.07) is 16.3. The van der Waals surface area contributed by atoms with E-state index < -0.39 is 0 Å². The molecule has 1 aromatic heterocycles. The average molecular weight is 431 g/mol. The fourth-order valence-corrected chi connectivity index (χ4v) is 3.99. The van der Waals surface area contributed by atoms with Crippen molar-refractivity contribution in [3.8, 4) is 10.4 Å². The topological polar surface area (TPSA) is 58.2 Å². The maximum Gasteiger partial charge on any atom is 0.265 e. The van der Waals surface area contributed by atoms with Gasteiger partial charge in [0.15, 0.2) is 0 Å². The molecule has 0 aliphatic heterocycles. The van der Waals surface area contributed by atoms with E-state index in [4.69, 9.17) is 23.2 Å². The van der Waals surface area contributed by atoms with Crippen molar-refractivity contribution in [2.24, 2.45) is 0 Å². The molecule has 0 unspecified atom stereocenters. The molecule has 2 amide bonds. The molecule has 2 N–H and O–H groups in total. The Morgan fingerprint density at radius 3 is 2.36 bits per heavy atom. The fourth-order valence-electron chi connectivity index (χ4n) is 2.69. The van der Waals surface area contributed by atoms with Gasteiger partial charge in [-0.1, -0.05) is 35.3 Å². The third-order valence-corrected chi connectivity index (χ3v) is 6.04. The number of hydrogen-bond donors (Lipinski definition) is 2. The maximum atomic E-state index is 12.6. The number of carbonyl (C=O) groups excluding carboxylic acids is 2. The molecule has 1 aliphatic rings. The lowest BCUT2D eigenvalue weighted by molar-refractivity contribution is 0.0950. The van der Waals surface area contributed by atoms with Crippen molar-refractivity contribution in [1.82, 2.24) is 5.32 Å². The van der Waals surface area contributed by atoms with Gasteiger partial charge in [-0.2, -0.15) is 0 Å². The van der Waals surface area contributed by atoms with Crippen LogP contribution in [0.25, 0.3) is 10.4 Å². The van der Waals surface area contributed by atoms with E-state index in [0.29, 0.717) is 26.2 Å². The molecule has 0 atom stereocenters. The first-order valence-corrected chi connectivity index (χ1v) is 10.3. The Bertz CT molecular complexity index is 1040. The quantitative estimate of drug-likeness (QED) is 0.531. The number of thiophene rings is 1. The summed E-state index contributed by atoms with van der Waals surface area (Å²) in [6.45, 7) is 0. The van der Waals surface area contributed by atoms with Gasteiger partial charge < -0.3 is 10.6 Å². The molecule has 142 valence electrons. The van der Waals surface area contributed by atoms with Crippen molar-refractivity contribution in [3.05, 3.63) is 75.1 Å². The summed E-state index contributed by atoms with van der Waals surface area (Å²) < 4.78 is 0. The van der Waals surface area contributed by atoms with Crippen molar-refractivity contribution in [3.63, 3.8) is 0 Å². The van der Waals surface area contributed by atoms with Gasteiger partial charge >= 0.3 is 0 Å². The number of hydrogen-bond acceptors (Lipinski definition) is 3. The van der Waals surface area contributed by atoms with Crippen molar-refractivity contribution in [1.29, 1.82) is 0 Å². The molecule has 0 saturated heterocycles. The van der Waals surface area contributed by atoms with Gasteiger partial charge in [0.25, 0.3) is 11.8 Å². The van der Waals surface area contributed by atoms with Gasteiger partial charge in [0.05, 0.1) is 15.5 Å². The molecule has 0 bridgehead atoms. The Balaban J connectivity index is 1.45. The molecule has 1 fully saturated rings. The lowest BCUT2D eigenvalue weighted by Gasteiger charge is -2.08. The average Bonchev–Trinajstić information content (AvgIpc) is 3.34. The van der Waals surface area contributed by atoms with Gasteiger partial charge in [-0.15, -0.1) is 11.3 Å². The molecule has 28 heavy (non-hydrogen) atoms. The van der Waals surface area contributed by atoms with Crippen LogP contribution in [-0.4, -0.2) is 17.9 Å². The molecule has 0 radical (unpaired) electrons. The molecule has 3 aromatic rings. The second-order valence-corrected chi connectivity index (χ2v) is 8.49. The molecule has 7 heteroatoms. The van der Waals surface area contributed by atoms with Gasteiger partial charge in [-0.3, -0.25) is 9.59 Å². The van der Waals surface area contributed by atoms with Crippen LogP contribution in [0.15, 0.2) is 54.6 Å². The van der Waals surface area contributed by atoms with Crippen LogP contribution in [0.5, 0.6) is 0 Å². The Labute approximate surface area is 176 Å². The minimum absolute atomic E-state index is 0.184. The summed E-state index contributed by atoms with van der Waals surface area (Å²) in [7, 11) is 0. The molecule has 4 nitrogen and oxygen atoms in total. The van der Waals surface area contributed by atoms with E-state index in [1.165, 1.54) is 11.3 Å². The van der Waals surface area contributed by atoms with E-state index in [1.807, 2.05) is 30.3 Å². The number of halogens is 2. The van der Waals surface area contributed by atoms with E-state index in [9.17, 15) is 9.59 Å². The first kappa shape index (κ1) is 19.0. The van der Waals surface area contributed by atoms with Crippen molar-refractivity contribution in [2.45, 2.75) is 18.9 Å². The third-order valence-electron chi connectivity index (χ3n) is 4.34.